The van der Waals surface area contributed by atoms with E-state index in [1.165, 1.54) is 0 Å². The van der Waals surface area contributed by atoms with Crippen LogP contribution in [-0.4, -0.2) is 28.8 Å². The Morgan fingerprint density at radius 3 is 2.62 bits per heavy atom. The number of allylic oxidation sites excluding steroid dienone is 3. The first-order chi connectivity index (χ1) is 11.8. The number of H-pyrrole nitrogens is 1. The molecule has 5 rings (SSSR count). The third-order valence-electron chi connectivity index (χ3n) is 4.51. The monoisotopic (exact) mass is 314 g/mol. The Labute approximate surface area is 140 Å². The van der Waals surface area contributed by atoms with Gasteiger partial charge in [-0.05, 0) is 54.7 Å². The van der Waals surface area contributed by atoms with Crippen LogP contribution in [-0.2, 0) is 0 Å². The number of aromatic nitrogens is 1. The van der Waals surface area contributed by atoms with Crippen LogP contribution in [0.5, 0.6) is 0 Å². The standard InChI is InChI=1S/C20H18N4/c1-2-14-10-16-5-6-18(23-16)12-20-8-7-19(24-20)11-17-4-3-15(22-17)9-13(1)21-14/h1-14,17,21-23H. The highest BCUT2D eigenvalue weighted by Gasteiger charge is 2.17. The minimum Gasteiger partial charge on any atom is -0.375 e. The molecule has 118 valence electrons. The van der Waals surface area contributed by atoms with Gasteiger partial charge in [0.25, 0.3) is 0 Å². The summed E-state index contributed by atoms with van der Waals surface area (Å²) in [6, 6.07) is 4.87. The predicted molar refractivity (Wildman–Crippen MR) is 97.6 cm³/mol. The molecule has 24 heavy (non-hydrogen) atoms. The van der Waals surface area contributed by atoms with Gasteiger partial charge in [-0.2, -0.15) is 0 Å². The average molecular weight is 314 g/mol. The maximum Gasteiger partial charge on any atom is 0.0658 e. The van der Waals surface area contributed by atoms with E-state index < -0.39 is 0 Å². The number of aromatic amines is 1. The molecule has 3 unspecified atom stereocenters. The quantitative estimate of drug-likeness (QED) is 0.620. The number of hydrogen-bond donors (Lipinski definition) is 3. The first-order valence-electron chi connectivity index (χ1n) is 8.28. The van der Waals surface area contributed by atoms with Crippen molar-refractivity contribution < 1.29 is 0 Å². The Kier molecular flexibility index (Phi) is 3.03. The molecule has 0 amide bonds. The Morgan fingerprint density at radius 1 is 0.792 bits per heavy atom. The minimum atomic E-state index is 0.191. The van der Waals surface area contributed by atoms with Crippen LogP contribution in [0.15, 0.2) is 77.1 Å². The van der Waals surface area contributed by atoms with Crippen LogP contribution in [0.25, 0.3) is 12.2 Å². The van der Waals surface area contributed by atoms with E-state index in [4.69, 9.17) is 0 Å². The lowest BCUT2D eigenvalue weighted by Crippen LogP contribution is -2.30. The van der Waals surface area contributed by atoms with Crippen LogP contribution in [0.2, 0.25) is 0 Å². The molecule has 0 fully saturated rings. The normalized spacial score (nSPS) is 29.5. The van der Waals surface area contributed by atoms with Crippen molar-refractivity contribution in [1.29, 1.82) is 0 Å². The van der Waals surface area contributed by atoms with E-state index in [-0.39, 0.29) is 18.1 Å². The molecule has 5 heterocycles. The van der Waals surface area contributed by atoms with Gasteiger partial charge in [-0.15, -0.1) is 0 Å². The summed E-state index contributed by atoms with van der Waals surface area (Å²) < 4.78 is 0. The van der Waals surface area contributed by atoms with Crippen molar-refractivity contribution in [1.82, 2.24) is 15.6 Å². The van der Waals surface area contributed by atoms with E-state index in [0.29, 0.717) is 0 Å². The summed E-state index contributed by atoms with van der Waals surface area (Å²) in [5, 5.41) is 9.27. The third-order valence-corrected chi connectivity index (χ3v) is 4.51. The van der Waals surface area contributed by atoms with Crippen LogP contribution in [0.1, 0.15) is 0 Å². The van der Waals surface area contributed by atoms with Gasteiger partial charge in [0.15, 0.2) is 0 Å². The number of hydrogen-bond acceptors (Lipinski definition) is 3. The summed E-state index contributed by atoms with van der Waals surface area (Å²) in [6.07, 6.45) is 21.5. The van der Waals surface area contributed by atoms with Crippen molar-refractivity contribution in [3.8, 4) is 0 Å². The maximum absolute atomic E-state index is 4.67. The fourth-order valence-electron chi connectivity index (χ4n) is 3.39. The Balaban J connectivity index is 1.60. The van der Waals surface area contributed by atoms with Crippen LogP contribution in [0.4, 0.5) is 0 Å². The van der Waals surface area contributed by atoms with Crippen LogP contribution in [0.3, 0.4) is 0 Å². The van der Waals surface area contributed by atoms with Gasteiger partial charge in [-0.3, -0.25) is 5.32 Å². The van der Waals surface area contributed by atoms with Crippen molar-refractivity contribution in [2.24, 2.45) is 4.99 Å². The van der Waals surface area contributed by atoms with Gasteiger partial charge in [0.1, 0.15) is 0 Å². The van der Waals surface area contributed by atoms with Gasteiger partial charge in [0.05, 0.1) is 17.5 Å². The highest BCUT2D eigenvalue weighted by atomic mass is 15.0. The Hall–Kier alpha value is -2.85. The molecular formula is C20H18N4. The average Bonchev–Trinajstić information content (AvgIpc) is 3.32. The van der Waals surface area contributed by atoms with Crippen LogP contribution < -0.4 is 21.3 Å². The van der Waals surface area contributed by atoms with Gasteiger partial charge in [0.2, 0.25) is 0 Å². The minimum absolute atomic E-state index is 0.191. The summed E-state index contributed by atoms with van der Waals surface area (Å²) in [7, 11) is 0. The van der Waals surface area contributed by atoms with Gasteiger partial charge in [-0.25, -0.2) is 4.99 Å². The summed E-state index contributed by atoms with van der Waals surface area (Å²) in [5.74, 6) is 0. The molecule has 4 heteroatoms. The number of fused-ring (bicyclic) bond motifs is 7. The molecule has 0 spiro atoms. The summed E-state index contributed by atoms with van der Waals surface area (Å²) in [6.45, 7) is 0. The fourth-order valence-corrected chi connectivity index (χ4v) is 3.39. The molecule has 4 nitrogen and oxygen atoms in total. The van der Waals surface area contributed by atoms with Crippen molar-refractivity contribution in [3.63, 3.8) is 0 Å². The molecule has 0 radical (unpaired) electrons. The lowest BCUT2D eigenvalue weighted by molar-refractivity contribution is 0.712. The van der Waals surface area contributed by atoms with Crippen molar-refractivity contribution in [2.75, 3.05) is 0 Å². The van der Waals surface area contributed by atoms with Crippen molar-refractivity contribution >= 4 is 17.9 Å². The second-order valence-electron chi connectivity index (χ2n) is 6.40. The van der Waals surface area contributed by atoms with Gasteiger partial charge in [0, 0.05) is 28.5 Å². The van der Waals surface area contributed by atoms with Gasteiger partial charge < -0.3 is 10.3 Å². The Bertz CT molecular complexity index is 981. The van der Waals surface area contributed by atoms with E-state index in [2.05, 4.69) is 93.5 Å². The second kappa shape index (κ2) is 5.35. The molecule has 4 aliphatic heterocycles. The zero-order valence-corrected chi connectivity index (χ0v) is 13.1. The fraction of sp³-hybridized carbons (Fsp3) is 0.150. The number of aliphatic imine (C=N–C) groups is 1. The lowest BCUT2D eigenvalue weighted by atomic mass is 10.2. The smallest absolute Gasteiger partial charge is 0.0658 e. The topological polar surface area (TPSA) is 52.2 Å². The predicted octanol–water partition coefficient (Wildman–Crippen LogP) is 0.792. The summed E-state index contributed by atoms with van der Waals surface area (Å²) in [4.78, 5) is 8.10. The number of rotatable bonds is 0. The molecule has 1 aromatic rings. The second-order valence-corrected chi connectivity index (χ2v) is 6.40. The molecule has 3 atom stereocenters. The molecule has 3 N–H and O–H groups in total. The SMILES string of the molecule is C1=CC2=NC1=CC1C=CC(=CC3C=CC(C=c4ccc([nH]4)=C2)N3)N1. The molecule has 0 aliphatic carbocycles. The zero-order chi connectivity index (χ0) is 15.9. The van der Waals surface area contributed by atoms with Crippen molar-refractivity contribution in [2.45, 2.75) is 18.1 Å². The highest BCUT2D eigenvalue weighted by Crippen LogP contribution is 2.16. The molecule has 8 bridgehead atoms. The largest absolute Gasteiger partial charge is 0.375 e. The first-order valence-corrected chi connectivity index (χ1v) is 8.28. The zero-order valence-electron chi connectivity index (χ0n) is 13.1. The number of nitrogens with one attached hydrogen (secondary N) is 3. The third kappa shape index (κ3) is 2.61. The van der Waals surface area contributed by atoms with Crippen LogP contribution >= 0.6 is 0 Å². The van der Waals surface area contributed by atoms with Crippen molar-refractivity contribution in [3.05, 3.63) is 82.8 Å². The van der Waals surface area contributed by atoms with E-state index in [1.54, 1.807) is 0 Å². The van der Waals surface area contributed by atoms with E-state index in [9.17, 15) is 0 Å². The highest BCUT2D eigenvalue weighted by molar-refractivity contribution is 6.19. The molecule has 1 aromatic heterocycles. The van der Waals surface area contributed by atoms with E-state index in [1.807, 2.05) is 0 Å². The molecule has 0 aromatic carbocycles. The van der Waals surface area contributed by atoms with Crippen LogP contribution in [0, 0.1) is 0 Å². The number of nitrogens with zero attached hydrogens (tertiary/aromatic N) is 1. The molecule has 0 saturated heterocycles. The lowest BCUT2D eigenvalue weighted by Gasteiger charge is -2.11. The van der Waals surface area contributed by atoms with Gasteiger partial charge >= 0.3 is 0 Å². The maximum atomic E-state index is 4.67. The van der Waals surface area contributed by atoms with E-state index >= 15 is 0 Å². The molecular weight excluding hydrogens is 296 g/mol. The van der Waals surface area contributed by atoms with Gasteiger partial charge in [-0.1, -0.05) is 18.2 Å². The summed E-state index contributed by atoms with van der Waals surface area (Å²) >= 11 is 0. The molecule has 4 aliphatic rings. The first kappa shape index (κ1) is 13.6. The summed E-state index contributed by atoms with van der Waals surface area (Å²) in [5.41, 5.74) is 3.11. The molecule has 0 saturated carbocycles. The van der Waals surface area contributed by atoms with E-state index in [0.717, 1.165) is 27.8 Å². The Morgan fingerprint density at radius 2 is 1.67 bits per heavy atom.